The van der Waals surface area contributed by atoms with Crippen molar-refractivity contribution in [2.24, 2.45) is 11.3 Å². The fraction of sp³-hybridized carbons (Fsp3) is 0.480. The number of H-pyrrole nitrogens is 1. The van der Waals surface area contributed by atoms with Crippen LogP contribution < -0.4 is 24.4 Å². The van der Waals surface area contributed by atoms with E-state index >= 15 is 0 Å². The van der Waals surface area contributed by atoms with Crippen molar-refractivity contribution < 1.29 is 37.8 Å². The number of fused-ring (bicyclic) bond motifs is 2. The highest BCUT2D eigenvalue weighted by atomic mass is 32.2. The Morgan fingerprint density at radius 1 is 1.00 bits per heavy atom. The molecule has 2 aromatic heterocycles. The number of piperidine rings is 1. The summed E-state index contributed by atoms with van der Waals surface area (Å²) in [7, 11) is -4.72. The molecule has 354 valence electrons. The zero-order chi connectivity index (χ0) is 46.8. The van der Waals surface area contributed by atoms with E-state index in [2.05, 4.69) is 67.9 Å². The predicted molar refractivity (Wildman–Crippen MR) is 254 cm³/mol. The van der Waals surface area contributed by atoms with Gasteiger partial charge in [0, 0.05) is 67.7 Å². The zero-order valence-corrected chi connectivity index (χ0v) is 39.0. The van der Waals surface area contributed by atoms with Crippen molar-refractivity contribution in [3.8, 4) is 23.1 Å². The van der Waals surface area contributed by atoms with Crippen LogP contribution in [0.2, 0.25) is 0 Å². The van der Waals surface area contributed by atoms with Crippen LogP contribution in [-0.2, 0) is 10.0 Å². The van der Waals surface area contributed by atoms with E-state index in [0.29, 0.717) is 54.6 Å². The molecule has 5 heterocycles. The number of nitro groups is 1. The van der Waals surface area contributed by atoms with Crippen molar-refractivity contribution >= 4 is 44.0 Å². The molecule has 0 radical (unpaired) electrons. The van der Waals surface area contributed by atoms with Crippen molar-refractivity contribution in [1.29, 1.82) is 0 Å². The smallest absolute Gasteiger partial charge is 0.297 e. The second-order valence-electron chi connectivity index (χ2n) is 20.2. The SMILES string of the molecule is CC(C)c1ccccc1[C@H]1CCC[C@H]1N1CC2(CCN(c3ccc(C(=O)NS(=O)(=O)c4cc5c(c([N+](=O)[O-])c4)N[C@@H]([C@H]4CC[C@](C)(O)CC4)CO5)c(Oc4cc5cc[nH]c5nc4O)c3)CC2)C1. The maximum absolute atomic E-state index is 14.1. The molecule has 3 atom stereocenters. The number of sulfonamides is 1. The highest BCUT2D eigenvalue weighted by molar-refractivity contribution is 7.90. The molecule has 17 heteroatoms. The van der Waals surface area contributed by atoms with Gasteiger partial charge in [0.25, 0.3) is 27.5 Å². The number of hydrogen-bond donors (Lipinski definition) is 5. The van der Waals surface area contributed by atoms with Gasteiger partial charge < -0.3 is 34.9 Å². The summed E-state index contributed by atoms with van der Waals surface area (Å²) in [6, 6.07) is 19.6. The van der Waals surface area contributed by atoms with Crippen LogP contribution in [0.3, 0.4) is 0 Å². The summed E-state index contributed by atoms with van der Waals surface area (Å²) in [5, 5.41) is 37.6. The zero-order valence-electron chi connectivity index (χ0n) is 38.2. The number of aromatic nitrogens is 2. The van der Waals surface area contributed by atoms with E-state index in [0.717, 1.165) is 50.8 Å². The number of aromatic amines is 1. The van der Waals surface area contributed by atoms with Gasteiger partial charge in [0.2, 0.25) is 0 Å². The Morgan fingerprint density at radius 3 is 2.51 bits per heavy atom. The lowest BCUT2D eigenvalue weighted by molar-refractivity contribution is -0.384. The number of hydrogen-bond acceptors (Lipinski definition) is 13. The quantitative estimate of drug-likeness (QED) is 0.0621. The van der Waals surface area contributed by atoms with Gasteiger partial charge in [0.15, 0.2) is 17.2 Å². The minimum Gasteiger partial charge on any atom is -0.491 e. The lowest BCUT2D eigenvalue weighted by atomic mass is 9.70. The monoisotopic (exact) mass is 933 g/mol. The van der Waals surface area contributed by atoms with Crippen LogP contribution in [0.5, 0.6) is 23.1 Å². The largest absolute Gasteiger partial charge is 0.491 e. The first-order chi connectivity index (χ1) is 32.1. The van der Waals surface area contributed by atoms with Gasteiger partial charge in [0.05, 0.1) is 27.0 Å². The number of carbonyl (C=O) groups excluding carboxylic acids is 1. The average molecular weight is 934 g/mol. The fourth-order valence-electron chi connectivity index (χ4n) is 11.5. The number of amides is 1. The number of carbonyl (C=O) groups is 1. The van der Waals surface area contributed by atoms with Crippen molar-refractivity contribution in [2.75, 3.05) is 43.0 Å². The Labute approximate surface area is 390 Å². The van der Waals surface area contributed by atoms with Crippen molar-refractivity contribution in [2.45, 2.75) is 113 Å². The third-order valence-electron chi connectivity index (χ3n) is 15.4. The third-order valence-corrected chi connectivity index (χ3v) is 16.7. The van der Waals surface area contributed by atoms with Crippen molar-refractivity contribution in [1.82, 2.24) is 19.6 Å². The normalized spacial score (nSPS) is 25.0. The number of aliphatic hydroxyl groups is 1. The van der Waals surface area contributed by atoms with Crippen LogP contribution >= 0.6 is 0 Å². The van der Waals surface area contributed by atoms with E-state index in [-0.39, 0.29) is 52.5 Å². The molecule has 1 amide bonds. The molecule has 5 aromatic rings. The molecule has 2 saturated heterocycles. The van der Waals surface area contributed by atoms with E-state index in [9.17, 15) is 33.5 Å². The topological polar surface area (TPSA) is 212 Å². The number of benzene rings is 3. The summed E-state index contributed by atoms with van der Waals surface area (Å²) in [6.07, 6.45) is 9.92. The Morgan fingerprint density at radius 2 is 1.76 bits per heavy atom. The van der Waals surface area contributed by atoms with E-state index in [1.54, 1.807) is 37.4 Å². The second-order valence-corrected chi connectivity index (χ2v) is 21.9. The lowest BCUT2D eigenvalue weighted by Gasteiger charge is -2.57. The first-order valence-corrected chi connectivity index (χ1v) is 25.1. The minimum atomic E-state index is -4.72. The predicted octanol–water partition coefficient (Wildman–Crippen LogP) is 8.56. The Kier molecular flexibility index (Phi) is 11.6. The average Bonchev–Trinajstić information content (AvgIpc) is 3.97. The fourth-order valence-corrected chi connectivity index (χ4v) is 12.5. The molecule has 1 spiro atoms. The van der Waals surface area contributed by atoms with Gasteiger partial charge >= 0.3 is 0 Å². The maximum Gasteiger partial charge on any atom is 0.297 e. The highest BCUT2D eigenvalue weighted by Gasteiger charge is 2.49. The molecule has 0 bridgehead atoms. The molecule has 5 N–H and O–H groups in total. The van der Waals surface area contributed by atoms with Crippen molar-refractivity contribution in [3.05, 3.63) is 99.7 Å². The van der Waals surface area contributed by atoms with Crippen molar-refractivity contribution in [3.63, 3.8) is 0 Å². The van der Waals surface area contributed by atoms with Crippen LogP contribution in [0, 0.1) is 21.4 Å². The number of pyridine rings is 1. The van der Waals surface area contributed by atoms with Gasteiger partial charge in [-0.05, 0) is 117 Å². The van der Waals surface area contributed by atoms with Crippen LogP contribution in [0.4, 0.5) is 17.1 Å². The molecule has 5 aliphatic rings. The molecule has 10 rings (SSSR count). The number of nitrogens with zero attached hydrogens (tertiary/aromatic N) is 4. The number of anilines is 2. The van der Waals surface area contributed by atoms with Gasteiger partial charge in [-0.1, -0.05) is 44.5 Å². The van der Waals surface area contributed by atoms with Crippen LogP contribution in [0.25, 0.3) is 11.0 Å². The molecule has 3 aliphatic heterocycles. The third kappa shape index (κ3) is 8.77. The lowest BCUT2D eigenvalue weighted by Crippen LogP contribution is -2.63. The van der Waals surface area contributed by atoms with Crippen LogP contribution in [0.1, 0.15) is 112 Å². The Hall–Kier alpha value is -5.91. The van der Waals surface area contributed by atoms with Gasteiger partial charge in [-0.15, -0.1) is 0 Å². The van der Waals surface area contributed by atoms with Gasteiger partial charge in [0.1, 0.15) is 18.0 Å². The molecule has 2 aliphatic carbocycles. The summed E-state index contributed by atoms with van der Waals surface area (Å²) in [5.41, 5.74) is 3.04. The molecule has 16 nitrogen and oxygen atoms in total. The molecular formula is C50H59N7O9S. The number of nitro benzene ring substituents is 1. The van der Waals surface area contributed by atoms with E-state index in [1.165, 1.54) is 42.5 Å². The summed E-state index contributed by atoms with van der Waals surface area (Å²) in [5.74, 6) is -0.422. The minimum absolute atomic E-state index is 0.0135. The number of likely N-dealkylation sites (tertiary alicyclic amines) is 1. The number of aromatic hydroxyl groups is 1. The van der Waals surface area contributed by atoms with Gasteiger partial charge in [-0.25, -0.2) is 13.1 Å². The highest BCUT2D eigenvalue weighted by Crippen LogP contribution is 2.49. The first kappa shape index (κ1) is 44.9. The number of nitrogens with one attached hydrogen (secondary N) is 3. The standard InChI is InChI=1S/C50H59N7O9S/c1-30(2)35-7-4-5-8-36(35)37-9-6-10-40(37)56-28-50(29-56)18-21-55(22-19-50)33-11-12-38(42(24-33)66-44-23-32-15-20-51-46(32)53-48(44)59)47(58)54-67(63,64)34-25-41(57(61)62)45-43(26-34)65-27-39(52-45)31-13-16-49(3,60)17-14-31/h4-5,7-8,11-12,15,20,23-26,30-31,37,39-40,52,60H,6,9-10,13-14,16-19,21-22,27-29H2,1-3H3,(H,54,58)(H2,51,53,59)/t31-,37-,39-,40-,49-/m1/s1. The van der Waals surface area contributed by atoms with E-state index in [1.807, 2.05) is 0 Å². The van der Waals surface area contributed by atoms with E-state index < -0.39 is 42.9 Å². The first-order valence-electron chi connectivity index (χ1n) is 23.6. The van der Waals surface area contributed by atoms with E-state index in [4.69, 9.17) is 9.47 Å². The summed E-state index contributed by atoms with van der Waals surface area (Å²) in [6.45, 7) is 10.2. The molecule has 67 heavy (non-hydrogen) atoms. The molecular weight excluding hydrogens is 875 g/mol. The number of ether oxygens (including phenoxy) is 2. The maximum atomic E-state index is 14.1. The summed E-state index contributed by atoms with van der Waals surface area (Å²) >= 11 is 0. The summed E-state index contributed by atoms with van der Waals surface area (Å²) in [4.78, 5) is 37.4. The Balaban J connectivity index is 0.866. The molecule has 3 aromatic carbocycles. The molecule has 0 unspecified atom stereocenters. The molecule has 4 fully saturated rings. The Bertz CT molecular complexity index is 2820. The van der Waals surface area contributed by atoms with Gasteiger partial charge in [-0.2, -0.15) is 4.98 Å². The molecule has 2 saturated carbocycles. The second kappa shape index (κ2) is 17.3. The van der Waals surface area contributed by atoms with Crippen LogP contribution in [-0.4, -0.2) is 94.8 Å². The number of rotatable bonds is 11. The van der Waals surface area contributed by atoms with Crippen LogP contribution in [0.15, 0.2) is 77.8 Å². The van der Waals surface area contributed by atoms with Gasteiger partial charge in [-0.3, -0.25) is 19.8 Å². The summed E-state index contributed by atoms with van der Waals surface area (Å²) < 4.78 is 42.3.